The Labute approximate surface area is 182 Å². The molecule has 2 amide bonds. The lowest BCUT2D eigenvalue weighted by molar-refractivity contribution is 0.102. The average molecular weight is 440 g/mol. The van der Waals surface area contributed by atoms with Crippen molar-refractivity contribution in [1.82, 2.24) is 9.88 Å². The first-order chi connectivity index (χ1) is 14.5. The number of nitrogens with zero attached hydrogens (tertiary/aromatic N) is 3. The van der Waals surface area contributed by atoms with E-state index >= 15 is 0 Å². The van der Waals surface area contributed by atoms with Gasteiger partial charge in [-0.15, -0.1) is 11.3 Å². The number of carbonyl (C=O) groups is 2. The molecule has 0 radical (unpaired) electrons. The highest BCUT2D eigenvalue weighted by atomic mass is 35.5. The van der Waals surface area contributed by atoms with E-state index in [9.17, 15) is 9.59 Å². The zero-order valence-electron chi connectivity index (χ0n) is 16.1. The van der Waals surface area contributed by atoms with Crippen LogP contribution in [0.2, 0.25) is 5.02 Å². The fourth-order valence-electron chi connectivity index (χ4n) is 3.02. The van der Waals surface area contributed by atoms with Crippen LogP contribution in [0.3, 0.4) is 0 Å². The largest absolute Gasteiger partial charge is 0.358 e. The van der Waals surface area contributed by atoms with Gasteiger partial charge in [0.15, 0.2) is 0 Å². The lowest BCUT2D eigenvalue weighted by Gasteiger charge is -2.14. The van der Waals surface area contributed by atoms with Crippen molar-refractivity contribution in [1.29, 1.82) is 0 Å². The molecule has 1 aliphatic rings. The van der Waals surface area contributed by atoms with E-state index in [4.69, 9.17) is 11.6 Å². The Kier molecular flexibility index (Phi) is 5.78. The molecule has 30 heavy (non-hydrogen) atoms. The summed E-state index contributed by atoms with van der Waals surface area (Å²) in [4.78, 5) is 36.3. The number of amides is 2. The minimum Gasteiger partial charge on any atom is -0.358 e. The van der Waals surface area contributed by atoms with Gasteiger partial charge in [-0.05, 0) is 35.7 Å². The maximum atomic E-state index is 12.7. The van der Waals surface area contributed by atoms with Crippen molar-refractivity contribution < 1.29 is 9.59 Å². The van der Waals surface area contributed by atoms with Gasteiger partial charge in [0.25, 0.3) is 11.8 Å². The molecule has 9 heteroatoms. The molecule has 3 heterocycles. The molecule has 4 rings (SSSR count). The molecule has 3 aromatic rings. The Morgan fingerprint density at radius 2 is 1.87 bits per heavy atom. The highest BCUT2D eigenvalue weighted by molar-refractivity contribution is 7.12. The van der Waals surface area contributed by atoms with Crippen LogP contribution in [0, 0.1) is 0 Å². The second kappa shape index (κ2) is 8.64. The van der Waals surface area contributed by atoms with Gasteiger partial charge in [-0.1, -0.05) is 23.7 Å². The quantitative estimate of drug-likeness (QED) is 0.629. The minimum atomic E-state index is -0.354. The fourth-order valence-corrected chi connectivity index (χ4v) is 3.87. The van der Waals surface area contributed by atoms with Crippen LogP contribution >= 0.6 is 22.9 Å². The number of likely N-dealkylation sites (N-methyl/N-ethyl adjacent to an activating group) is 1. The van der Waals surface area contributed by atoms with Crippen molar-refractivity contribution in [3.05, 3.63) is 75.1 Å². The summed E-state index contributed by atoms with van der Waals surface area (Å²) < 4.78 is 0. The fraction of sp³-hybridized carbons (Fsp3) is 0.143. The standard InChI is InChI=1S/C21H18ClN5O2S/c1-27-10-9-23-19(27)13-2-4-14(5-3-13)20(28)25-16-8-11-30-18(16)21(29)26-17-7-6-15(22)12-24-17/h2-8,11-12H,9-10H2,1H3,(H,25,28)(H,24,26,29). The number of aliphatic imine (C=N–C) groups is 1. The number of anilines is 2. The Hall–Kier alpha value is -3.23. The number of halogens is 1. The number of carbonyl (C=O) groups excluding carboxylic acids is 2. The summed E-state index contributed by atoms with van der Waals surface area (Å²) in [6, 6.07) is 12.2. The summed E-state index contributed by atoms with van der Waals surface area (Å²) in [5.74, 6) is 0.660. The number of nitrogens with one attached hydrogen (secondary N) is 2. The Morgan fingerprint density at radius 1 is 1.07 bits per heavy atom. The first kappa shape index (κ1) is 20.1. The SMILES string of the molecule is CN1CCN=C1c1ccc(C(=O)Nc2ccsc2C(=O)Nc2ccc(Cl)cn2)cc1. The third-order valence-corrected chi connectivity index (χ3v) is 5.69. The second-order valence-electron chi connectivity index (χ2n) is 6.64. The number of hydrogen-bond donors (Lipinski definition) is 2. The van der Waals surface area contributed by atoms with Gasteiger partial charge < -0.3 is 15.5 Å². The lowest BCUT2D eigenvalue weighted by Crippen LogP contribution is -2.23. The van der Waals surface area contributed by atoms with Gasteiger partial charge in [0, 0.05) is 30.9 Å². The van der Waals surface area contributed by atoms with Crippen molar-refractivity contribution >= 4 is 52.1 Å². The summed E-state index contributed by atoms with van der Waals surface area (Å²) in [6.07, 6.45) is 1.45. The molecule has 0 unspecified atom stereocenters. The van der Waals surface area contributed by atoms with Gasteiger partial charge in [0.1, 0.15) is 16.5 Å². The Bertz CT molecular complexity index is 1110. The van der Waals surface area contributed by atoms with E-state index in [0.717, 1.165) is 24.5 Å². The Morgan fingerprint density at radius 3 is 2.53 bits per heavy atom. The summed E-state index contributed by atoms with van der Waals surface area (Å²) in [5.41, 5.74) is 1.91. The molecule has 2 aromatic heterocycles. The molecule has 2 N–H and O–H groups in total. The van der Waals surface area contributed by atoms with Gasteiger partial charge in [0.2, 0.25) is 0 Å². The molecular formula is C21H18ClN5O2S. The van der Waals surface area contributed by atoms with Gasteiger partial charge in [-0.2, -0.15) is 0 Å². The third-order valence-electron chi connectivity index (χ3n) is 4.55. The number of thiophene rings is 1. The molecule has 0 saturated carbocycles. The smallest absolute Gasteiger partial charge is 0.269 e. The molecule has 0 atom stereocenters. The molecule has 1 aliphatic heterocycles. The van der Waals surface area contributed by atoms with E-state index in [1.54, 1.807) is 35.7 Å². The van der Waals surface area contributed by atoms with Crippen LogP contribution in [0.1, 0.15) is 25.6 Å². The summed E-state index contributed by atoms with van der Waals surface area (Å²) in [5, 5.41) is 7.74. The molecule has 1 aromatic carbocycles. The zero-order chi connectivity index (χ0) is 21.1. The number of pyridine rings is 1. The number of amidine groups is 1. The number of benzene rings is 1. The Balaban J connectivity index is 1.45. The van der Waals surface area contributed by atoms with E-state index in [1.807, 2.05) is 19.2 Å². The van der Waals surface area contributed by atoms with E-state index < -0.39 is 0 Å². The zero-order valence-corrected chi connectivity index (χ0v) is 17.6. The van der Waals surface area contributed by atoms with Crippen LogP contribution in [-0.4, -0.2) is 47.7 Å². The van der Waals surface area contributed by atoms with Crippen LogP contribution in [0.4, 0.5) is 11.5 Å². The first-order valence-corrected chi connectivity index (χ1v) is 10.4. The number of aromatic nitrogens is 1. The summed E-state index contributed by atoms with van der Waals surface area (Å²) in [7, 11) is 2.00. The van der Waals surface area contributed by atoms with Crippen molar-refractivity contribution in [3.63, 3.8) is 0 Å². The van der Waals surface area contributed by atoms with Gasteiger partial charge in [-0.25, -0.2) is 4.98 Å². The van der Waals surface area contributed by atoms with Gasteiger partial charge >= 0.3 is 0 Å². The minimum absolute atomic E-state index is 0.291. The van der Waals surface area contributed by atoms with Crippen LogP contribution < -0.4 is 10.6 Å². The van der Waals surface area contributed by atoms with Crippen LogP contribution in [0.15, 0.2) is 59.0 Å². The maximum absolute atomic E-state index is 12.7. The molecule has 7 nitrogen and oxygen atoms in total. The van der Waals surface area contributed by atoms with E-state index in [1.165, 1.54) is 17.5 Å². The third kappa shape index (κ3) is 4.34. The molecule has 0 aliphatic carbocycles. The second-order valence-corrected chi connectivity index (χ2v) is 7.99. The molecule has 0 fully saturated rings. The molecule has 0 spiro atoms. The van der Waals surface area contributed by atoms with E-state index in [0.29, 0.717) is 27.0 Å². The van der Waals surface area contributed by atoms with Crippen molar-refractivity contribution in [2.45, 2.75) is 0 Å². The molecular weight excluding hydrogens is 422 g/mol. The normalized spacial score (nSPS) is 13.1. The average Bonchev–Trinajstić information content (AvgIpc) is 3.38. The number of rotatable bonds is 5. The predicted octanol–water partition coefficient (Wildman–Crippen LogP) is 3.99. The number of hydrogen-bond acceptors (Lipinski definition) is 6. The van der Waals surface area contributed by atoms with Crippen molar-refractivity contribution in [2.75, 3.05) is 30.8 Å². The van der Waals surface area contributed by atoms with Gasteiger partial charge in [-0.3, -0.25) is 14.6 Å². The predicted molar refractivity (Wildman–Crippen MR) is 120 cm³/mol. The van der Waals surface area contributed by atoms with E-state index in [-0.39, 0.29) is 11.8 Å². The molecule has 152 valence electrons. The monoisotopic (exact) mass is 439 g/mol. The van der Waals surface area contributed by atoms with Crippen molar-refractivity contribution in [3.8, 4) is 0 Å². The molecule has 0 bridgehead atoms. The van der Waals surface area contributed by atoms with Crippen molar-refractivity contribution in [2.24, 2.45) is 4.99 Å². The van der Waals surface area contributed by atoms with Gasteiger partial charge in [0.05, 0.1) is 17.3 Å². The summed E-state index contributed by atoms with van der Waals surface area (Å²) in [6.45, 7) is 1.68. The van der Waals surface area contributed by atoms with Crippen LogP contribution in [0.5, 0.6) is 0 Å². The first-order valence-electron chi connectivity index (χ1n) is 9.19. The van der Waals surface area contributed by atoms with E-state index in [2.05, 4.69) is 25.5 Å². The summed E-state index contributed by atoms with van der Waals surface area (Å²) >= 11 is 7.05. The lowest BCUT2D eigenvalue weighted by atomic mass is 10.1. The van der Waals surface area contributed by atoms with Crippen LogP contribution in [-0.2, 0) is 0 Å². The molecule has 0 saturated heterocycles. The maximum Gasteiger partial charge on any atom is 0.269 e. The topological polar surface area (TPSA) is 86.7 Å². The highest BCUT2D eigenvalue weighted by Gasteiger charge is 2.18. The highest BCUT2D eigenvalue weighted by Crippen LogP contribution is 2.24. The van der Waals surface area contributed by atoms with Crippen LogP contribution in [0.25, 0.3) is 0 Å².